The smallest absolute Gasteiger partial charge is 0.387 e. The van der Waals surface area contributed by atoms with Crippen LogP contribution in [0.4, 0.5) is 14.5 Å². The maximum atomic E-state index is 12.5. The number of carbonyl (C=O) groups is 1. The van der Waals surface area contributed by atoms with Gasteiger partial charge in [-0.25, -0.2) is 0 Å². The van der Waals surface area contributed by atoms with E-state index in [0.717, 1.165) is 0 Å². The largest absolute Gasteiger partial charge is 0.452 e. The number of furan rings is 1. The monoisotopic (exact) mass is 365 g/mol. The molecule has 3 rings (SSSR count). The van der Waals surface area contributed by atoms with Crippen LogP contribution in [-0.4, -0.2) is 17.3 Å². The minimum Gasteiger partial charge on any atom is -0.452 e. The average molecular weight is 365 g/mol. The highest BCUT2D eigenvalue weighted by atomic mass is 19.3. The predicted octanol–water partition coefficient (Wildman–Crippen LogP) is 5.71. The lowest BCUT2D eigenvalue weighted by atomic mass is 10.0. The first-order chi connectivity index (χ1) is 12.3. The molecule has 0 spiro atoms. The summed E-state index contributed by atoms with van der Waals surface area (Å²) in [5.74, 6) is -0.563. The third-order valence-electron chi connectivity index (χ3n) is 3.37. The third kappa shape index (κ3) is 3.79. The summed E-state index contributed by atoms with van der Waals surface area (Å²) in [5.41, 5.74) is 0.197. The van der Waals surface area contributed by atoms with Crippen LogP contribution in [0.1, 0.15) is 37.6 Å². The van der Waals surface area contributed by atoms with E-state index in [2.05, 4.69) is 18.6 Å². The normalized spacial score (nSPS) is 10.7. The Kier molecular flexibility index (Phi) is 5.86. The van der Waals surface area contributed by atoms with E-state index < -0.39 is 11.5 Å². The fourth-order valence-electron chi connectivity index (χ4n) is 2.44. The van der Waals surface area contributed by atoms with E-state index in [4.69, 9.17) is 4.42 Å². The Hall–Kier alpha value is -3.03. The van der Waals surface area contributed by atoms with Gasteiger partial charge in [0, 0.05) is 28.5 Å². The van der Waals surface area contributed by atoms with E-state index in [1.54, 1.807) is 0 Å². The number of non-ortho nitro benzene ring substituents is 1. The van der Waals surface area contributed by atoms with Crippen molar-refractivity contribution in [2.24, 2.45) is 0 Å². The van der Waals surface area contributed by atoms with Crippen molar-refractivity contribution in [3.8, 4) is 5.75 Å². The first kappa shape index (κ1) is 19.3. The minimum absolute atomic E-state index is 0.0477. The van der Waals surface area contributed by atoms with Crippen molar-refractivity contribution in [2.45, 2.75) is 33.8 Å². The molecule has 1 aromatic heterocycles. The highest BCUT2D eigenvalue weighted by molar-refractivity contribution is 6.18. The van der Waals surface area contributed by atoms with E-state index in [9.17, 15) is 23.7 Å². The zero-order chi connectivity index (χ0) is 19.4. The van der Waals surface area contributed by atoms with Gasteiger partial charge in [0.05, 0.1) is 4.92 Å². The maximum Gasteiger partial charge on any atom is 0.387 e. The van der Waals surface area contributed by atoms with Crippen LogP contribution in [0.15, 0.2) is 34.7 Å². The van der Waals surface area contributed by atoms with Crippen molar-refractivity contribution >= 4 is 33.4 Å². The van der Waals surface area contributed by atoms with Crippen molar-refractivity contribution in [1.82, 2.24) is 0 Å². The molecule has 0 aliphatic rings. The molecule has 138 valence electrons. The number of alkyl halides is 2. The molecule has 0 amide bonds. The molecular weight excluding hydrogens is 348 g/mol. The lowest BCUT2D eigenvalue weighted by Gasteiger charge is -2.06. The molecule has 0 aliphatic heterocycles. The van der Waals surface area contributed by atoms with Crippen molar-refractivity contribution < 1.29 is 27.7 Å². The highest BCUT2D eigenvalue weighted by Gasteiger charge is 2.21. The van der Waals surface area contributed by atoms with Gasteiger partial charge in [-0.15, -0.1) is 0 Å². The number of ketones is 1. The molecule has 1 heterocycles. The lowest BCUT2D eigenvalue weighted by molar-refractivity contribution is -0.384. The minimum atomic E-state index is -3.07. The van der Waals surface area contributed by atoms with Crippen molar-refractivity contribution in [3.05, 3.63) is 46.0 Å². The second kappa shape index (κ2) is 7.90. The summed E-state index contributed by atoms with van der Waals surface area (Å²) in [6.07, 6.45) is 1.25. The van der Waals surface area contributed by atoms with E-state index in [1.165, 1.54) is 43.7 Å². The summed E-state index contributed by atoms with van der Waals surface area (Å²) in [6, 6.07) is 6.35. The Balaban J connectivity index is 0.000000758. The molecule has 0 saturated heterocycles. The van der Waals surface area contributed by atoms with Gasteiger partial charge in [-0.1, -0.05) is 20.3 Å². The van der Waals surface area contributed by atoms with Gasteiger partial charge in [0.25, 0.3) is 5.69 Å². The van der Waals surface area contributed by atoms with Gasteiger partial charge in [-0.05, 0) is 25.1 Å². The molecule has 26 heavy (non-hydrogen) atoms. The first-order valence-corrected chi connectivity index (χ1v) is 7.89. The van der Waals surface area contributed by atoms with Crippen molar-refractivity contribution in [3.63, 3.8) is 0 Å². The summed E-state index contributed by atoms with van der Waals surface area (Å²) in [4.78, 5) is 22.1. The molecule has 0 saturated carbocycles. The topological polar surface area (TPSA) is 82.6 Å². The Bertz CT molecular complexity index is 965. The molecule has 0 fully saturated rings. The number of nitro groups is 1. The second-order valence-electron chi connectivity index (χ2n) is 5.50. The maximum absolute atomic E-state index is 12.5. The number of benzene rings is 2. The Morgan fingerprint density at radius 3 is 2.46 bits per heavy atom. The molecule has 3 aromatic rings. The number of nitrogens with zero attached hydrogens (tertiary/aromatic N) is 1. The predicted molar refractivity (Wildman–Crippen MR) is 93.0 cm³/mol. The molecule has 0 atom stereocenters. The molecular formula is C18H17F2NO5. The van der Waals surface area contributed by atoms with E-state index in [-0.39, 0.29) is 39.3 Å². The van der Waals surface area contributed by atoms with Gasteiger partial charge in [-0.2, -0.15) is 8.78 Å². The number of Topliss-reactive ketones (excluding diaryl/α,β-unsaturated/α-hetero) is 1. The Morgan fingerprint density at radius 2 is 1.92 bits per heavy atom. The standard InChI is InChI=1S/C15H9F2NO5.C3H8/c1-7(19)9-3-5-12(23-15(16)17)14-13(9)10-6-8(18(20)21)2-4-11(10)22-14;1-3-2/h2-6,15H,1H3;3H2,1-2H3. The highest BCUT2D eigenvalue weighted by Crippen LogP contribution is 2.39. The molecule has 6 nitrogen and oxygen atoms in total. The van der Waals surface area contributed by atoms with Gasteiger partial charge >= 0.3 is 6.61 Å². The number of rotatable bonds is 4. The van der Waals surface area contributed by atoms with Crippen LogP contribution in [0.3, 0.4) is 0 Å². The number of fused-ring (bicyclic) bond motifs is 3. The van der Waals surface area contributed by atoms with E-state index in [1.807, 2.05) is 0 Å². The van der Waals surface area contributed by atoms with Crippen molar-refractivity contribution in [1.29, 1.82) is 0 Å². The number of hydrogen-bond donors (Lipinski definition) is 0. The van der Waals surface area contributed by atoms with Crippen LogP contribution in [0.5, 0.6) is 5.75 Å². The SMILES string of the molecule is CC(=O)c1ccc(OC(F)F)c2oc3ccc([N+](=O)[O-])cc3c12.CCC. The molecule has 0 radical (unpaired) electrons. The molecule has 8 heteroatoms. The number of hydrogen-bond acceptors (Lipinski definition) is 5. The second-order valence-corrected chi connectivity index (χ2v) is 5.50. The first-order valence-electron chi connectivity index (χ1n) is 7.89. The van der Waals surface area contributed by atoms with Crippen molar-refractivity contribution in [2.75, 3.05) is 0 Å². The zero-order valence-corrected chi connectivity index (χ0v) is 14.4. The van der Waals surface area contributed by atoms with Gasteiger partial charge in [0.1, 0.15) is 5.58 Å². The van der Waals surface area contributed by atoms with Gasteiger partial charge in [-0.3, -0.25) is 14.9 Å². The van der Waals surface area contributed by atoms with Crippen LogP contribution in [-0.2, 0) is 0 Å². The Labute approximate surface area is 147 Å². The molecule has 0 aliphatic carbocycles. The summed E-state index contributed by atoms with van der Waals surface area (Å²) in [7, 11) is 0. The van der Waals surface area contributed by atoms with Gasteiger partial charge in [0.15, 0.2) is 17.1 Å². The quantitative estimate of drug-likeness (QED) is 0.336. The fraction of sp³-hybridized carbons (Fsp3) is 0.278. The molecule has 2 aromatic carbocycles. The molecule has 0 bridgehead atoms. The van der Waals surface area contributed by atoms with Gasteiger partial charge < -0.3 is 9.15 Å². The molecule has 0 unspecified atom stereocenters. The number of carbonyl (C=O) groups excluding carboxylic acids is 1. The number of ether oxygens (including phenoxy) is 1. The average Bonchev–Trinajstić information content (AvgIpc) is 2.94. The Morgan fingerprint density at radius 1 is 1.27 bits per heavy atom. The fourth-order valence-corrected chi connectivity index (χ4v) is 2.44. The third-order valence-corrected chi connectivity index (χ3v) is 3.37. The summed E-state index contributed by atoms with van der Waals surface area (Å²) in [6.45, 7) is 2.49. The van der Waals surface area contributed by atoms with Crippen LogP contribution in [0.25, 0.3) is 21.9 Å². The van der Waals surface area contributed by atoms with Gasteiger partial charge in [0.2, 0.25) is 0 Å². The van der Waals surface area contributed by atoms with Crippen LogP contribution >= 0.6 is 0 Å². The summed E-state index contributed by atoms with van der Waals surface area (Å²) in [5, 5.41) is 11.4. The number of nitro benzene ring substituents is 1. The van der Waals surface area contributed by atoms with E-state index in [0.29, 0.717) is 5.39 Å². The summed E-state index contributed by atoms with van der Waals surface area (Å²) >= 11 is 0. The lowest BCUT2D eigenvalue weighted by Crippen LogP contribution is -2.03. The van der Waals surface area contributed by atoms with Crippen LogP contribution < -0.4 is 4.74 Å². The zero-order valence-electron chi connectivity index (χ0n) is 14.4. The summed E-state index contributed by atoms with van der Waals surface area (Å²) < 4.78 is 34.9. The van der Waals surface area contributed by atoms with Crippen LogP contribution in [0.2, 0.25) is 0 Å². The van der Waals surface area contributed by atoms with E-state index >= 15 is 0 Å². The van der Waals surface area contributed by atoms with Crippen LogP contribution in [0, 0.1) is 10.1 Å². The molecule has 0 N–H and O–H groups in total. The number of halogens is 2.